The molecular formula is C20H14ClN3O4S. The number of nitro groups is 1. The van der Waals surface area contributed by atoms with E-state index in [0.717, 1.165) is 4.88 Å². The molecule has 9 heteroatoms. The topological polar surface area (TPSA) is 92.5 Å². The highest BCUT2D eigenvalue weighted by Gasteiger charge is 2.35. The first-order chi connectivity index (χ1) is 13.9. The zero-order chi connectivity index (χ0) is 20.5. The van der Waals surface area contributed by atoms with Gasteiger partial charge in [0.05, 0.1) is 11.0 Å². The van der Waals surface area contributed by atoms with Crippen LogP contribution in [0.5, 0.6) is 0 Å². The molecule has 2 aromatic carbocycles. The number of anilines is 1. The normalized spacial score (nSPS) is 16.0. The van der Waals surface area contributed by atoms with Gasteiger partial charge in [0.2, 0.25) is 5.91 Å². The fraction of sp³-hybridized carbons (Fsp3) is 0.100. The minimum Gasteiger partial charge on any atom is -0.324 e. The molecule has 0 radical (unpaired) electrons. The highest BCUT2D eigenvalue weighted by molar-refractivity contribution is 7.10. The van der Waals surface area contributed by atoms with Crippen molar-refractivity contribution in [2.24, 2.45) is 0 Å². The molecule has 3 aromatic rings. The Balaban J connectivity index is 1.86. The summed E-state index contributed by atoms with van der Waals surface area (Å²) in [5, 5.41) is 16.3. The van der Waals surface area contributed by atoms with Crippen LogP contribution in [0, 0.1) is 10.1 Å². The Hall–Kier alpha value is -3.23. The maximum atomic E-state index is 13.4. The number of benzene rings is 2. The summed E-state index contributed by atoms with van der Waals surface area (Å²) in [6, 6.07) is 13.8. The van der Waals surface area contributed by atoms with Gasteiger partial charge in [0.1, 0.15) is 6.54 Å². The maximum absolute atomic E-state index is 13.4. The quantitative estimate of drug-likeness (QED) is 0.492. The predicted molar refractivity (Wildman–Crippen MR) is 110 cm³/mol. The van der Waals surface area contributed by atoms with Crippen LogP contribution in [0.1, 0.15) is 26.8 Å². The van der Waals surface area contributed by atoms with Crippen LogP contribution in [0.3, 0.4) is 0 Å². The molecule has 1 aromatic heterocycles. The van der Waals surface area contributed by atoms with Crippen molar-refractivity contribution in [3.05, 3.63) is 91.1 Å². The average Bonchev–Trinajstić information content (AvgIpc) is 3.18. The minimum absolute atomic E-state index is 0.138. The van der Waals surface area contributed by atoms with E-state index in [1.165, 1.54) is 40.5 Å². The van der Waals surface area contributed by atoms with E-state index in [0.29, 0.717) is 16.3 Å². The lowest BCUT2D eigenvalue weighted by atomic mass is 10.0. The summed E-state index contributed by atoms with van der Waals surface area (Å²) >= 11 is 7.65. The van der Waals surface area contributed by atoms with Gasteiger partial charge >= 0.3 is 0 Å². The molecule has 0 spiro atoms. The van der Waals surface area contributed by atoms with Crippen molar-refractivity contribution in [1.29, 1.82) is 0 Å². The van der Waals surface area contributed by atoms with Crippen LogP contribution in [-0.4, -0.2) is 28.2 Å². The van der Waals surface area contributed by atoms with E-state index in [9.17, 15) is 19.7 Å². The highest BCUT2D eigenvalue weighted by atomic mass is 35.5. The smallest absolute Gasteiger partial charge is 0.270 e. The van der Waals surface area contributed by atoms with E-state index in [1.807, 2.05) is 17.5 Å². The van der Waals surface area contributed by atoms with Crippen molar-refractivity contribution in [2.75, 3.05) is 11.9 Å². The maximum Gasteiger partial charge on any atom is 0.270 e. The molecule has 0 bridgehead atoms. The molecule has 1 atom stereocenters. The average molecular weight is 428 g/mol. The van der Waals surface area contributed by atoms with Crippen molar-refractivity contribution in [3.8, 4) is 0 Å². The molecule has 7 nitrogen and oxygen atoms in total. The number of carbonyl (C=O) groups is 2. The van der Waals surface area contributed by atoms with E-state index in [4.69, 9.17) is 11.6 Å². The summed E-state index contributed by atoms with van der Waals surface area (Å²) in [6.45, 7) is -0.198. The third kappa shape index (κ3) is 3.72. The molecule has 146 valence electrons. The minimum atomic E-state index is -0.561. The van der Waals surface area contributed by atoms with E-state index in [2.05, 4.69) is 5.32 Å². The third-order valence-electron chi connectivity index (χ3n) is 4.59. The highest BCUT2D eigenvalue weighted by Crippen LogP contribution is 2.39. The Bertz CT molecular complexity index is 1120. The molecular weight excluding hydrogens is 414 g/mol. The molecule has 1 unspecified atom stereocenters. The van der Waals surface area contributed by atoms with Crippen molar-refractivity contribution in [3.63, 3.8) is 0 Å². The summed E-state index contributed by atoms with van der Waals surface area (Å²) in [6.07, 6.45) is 0. The zero-order valence-corrected chi connectivity index (χ0v) is 16.4. The lowest BCUT2D eigenvalue weighted by molar-refractivity contribution is -0.384. The predicted octanol–water partition coefficient (Wildman–Crippen LogP) is 4.49. The number of halogens is 1. The van der Waals surface area contributed by atoms with Crippen molar-refractivity contribution >= 4 is 46.1 Å². The summed E-state index contributed by atoms with van der Waals surface area (Å²) in [7, 11) is 0. The number of amides is 2. The van der Waals surface area contributed by atoms with E-state index >= 15 is 0 Å². The van der Waals surface area contributed by atoms with Crippen LogP contribution in [0.15, 0.2) is 60.0 Å². The second-order valence-electron chi connectivity index (χ2n) is 6.44. The Kier molecular flexibility index (Phi) is 5.04. The van der Waals surface area contributed by atoms with Gasteiger partial charge in [0, 0.05) is 38.8 Å². The van der Waals surface area contributed by atoms with Gasteiger partial charge in [-0.25, -0.2) is 0 Å². The van der Waals surface area contributed by atoms with Gasteiger partial charge in [0.25, 0.3) is 11.6 Å². The number of hydrogen-bond donors (Lipinski definition) is 1. The van der Waals surface area contributed by atoms with E-state index in [-0.39, 0.29) is 23.7 Å². The van der Waals surface area contributed by atoms with Crippen LogP contribution in [0.25, 0.3) is 0 Å². The van der Waals surface area contributed by atoms with Crippen molar-refractivity contribution in [1.82, 2.24) is 4.90 Å². The lowest BCUT2D eigenvalue weighted by Gasteiger charge is -2.29. The molecule has 0 saturated carbocycles. The second kappa shape index (κ2) is 7.65. The van der Waals surface area contributed by atoms with Gasteiger partial charge in [-0.15, -0.1) is 11.3 Å². The largest absolute Gasteiger partial charge is 0.324 e. The summed E-state index contributed by atoms with van der Waals surface area (Å²) in [4.78, 5) is 38.7. The van der Waals surface area contributed by atoms with Gasteiger partial charge in [-0.05, 0) is 35.7 Å². The summed E-state index contributed by atoms with van der Waals surface area (Å²) in [5.74, 6) is -0.832. The number of rotatable bonds is 3. The molecule has 2 amide bonds. The number of fused-ring (bicyclic) bond motifs is 1. The van der Waals surface area contributed by atoms with Gasteiger partial charge in [0.15, 0.2) is 0 Å². The van der Waals surface area contributed by atoms with Crippen LogP contribution < -0.4 is 5.32 Å². The number of nitrogens with one attached hydrogen (secondary N) is 1. The standard InChI is InChI=1S/C20H14ClN3O4S/c21-13-6-7-16-15(10-13)19(17-5-2-8-29-17)23(11-18(25)22-16)20(26)12-3-1-4-14(9-12)24(27)28/h1-10,19H,11H2,(H,22,25). The number of nitro benzene ring substituents is 1. The molecule has 29 heavy (non-hydrogen) atoms. The van der Waals surface area contributed by atoms with Crippen LogP contribution in [-0.2, 0) is 4.79 Å². The lowest BCUT2D eigenvalue weighted by Crippen LogP contribution is -2.38. The molecule has 1 aliphatic heterocycles. The van der Waals surface area contributed by atoms with E-state index in [1.54, 1.807) is 18.2 Å². The molecule has 0 fully saturated rings. The number of thiophene rings is 1. The van der Waals surface area contributed by atoms with Crippen LogP contribution in [0.2, 0.25) is 5.02 Å². The Morgan fingerprint density at radius 1 is 1.21 bits per heavy atom. The van der Waals surface area contributed by atoms with Crippen LogP contribution >= 0.6 is 22.9 Å². The zero-order valence-electron chi connectivity index (χ0n) is 14.9. The first-order valence-electron chi connectivity index (χ1n) is 8.62. The second-order valence-corrected chi connectivity index (χ2v) is 7.85. The SMILES string of the molecule is O=C1CN(C(=O)c2cccc([N+](=O)[O-])c2)C(c2cccs2)c2cc(Cl)ccc2N1. The molecule has 1 N–H and O–H groups in total. The molecule has 2 heterocycles. The number of non-ortho nitro benzene ring substituents is 1. The Labute approximate surface area is 174 Å². The number of nitrogens with zero attached hydrogens (tertiary/aromatic N) is 2. The van der Waals surface area contributed by atoms with Gasteiger partial charge in [-0.2, -0.15) is 0 Å². The van der Waals surface area contributed by atoms with Gasteiger partial charge < -0.3 is 10.2 Å². The summed E-state index contributed by atoms with van der Waals surface area (Å²) < 4.78 is 0. The van der Waals surface area contributed by atoms with Gasteiger partial charge in [-0.1, -0.05) is 23.7 Å². The Morgan fingerprint density at radius 2 is 2.03 bits per heavy atom. The monoisotopic (exact) mass is 427 g/mol. The third-order valence-corrected chi connectivity index (χ3v) is 5.75. The molecule has 4 rings (SSSR count). The number of hydrogen-bond acceptors (Lipinski definition) is 5. The van der Waals surface area contributed by atoms with Crippen molar-refractivity contribution in [2.45, 2.75) is 6.04 Å². The molecule has 0 saturated heterocycles. The van der Waals surface area contributed by atoms with Crippen molar-refractivity contribution < 1.29 is 14.5 Å². The van der Waals surface area contributed by atoms with Gasteiger partial charge in [-0.3, -0.25) is 19.7 Å². The molecule has 0 aliphatic carbocycles. The fourth-order valence-electron chi connectivity index (χ4n) is 3.34. The van der Waals surface area contributed by atoms with E-state index < -0.39 is 16.9 Å². The Morgan fingerprint density at radius 3 is 2.76 bits per heavy atom. The fourth-order valence-corrected chi connectivity index (χ4v) is 4.37. The summed E-state index contributed by atoms with van der Waals surface area (Å²) in [5.41, 5.74) is 1.21. The first kappa shape index (κ1) is 19.1. The molecule has 1 aliphatic rings. The number of carbonyl (C=O) groups excluding carboxylic acids is 2. The van der Waals surface area contributed by atoms with Crippen LogP contribution in [0.4, 0.5) is 11.4 Å². The first-order valence-corrected chi connectivity index (χ1v) is 9.88.